The summed E-state index contributed by atoms with van der Waals surface area (Å²) in [5.41, 5.74) is 3.12. The van der Waals surface area contributed by atoms with E-state index in [-0.39, 0.29) is 10.8 Å². The number of carbonyl (C=O) groups is 1. The SMILES string of the molecule is Cc1cc(Cl)cc2sc(N(Cc3ccccc3)C(=O)c3ccc(S(=O)(=O)N4CCCCC4)cc3)nc12. The van der Waals surface area contributed by atoms with E-state index in [9.17, 15) is 13.2 Å². The smallest absolute Gasteiger partial charge is 0.260 e. The Hall–Kier alpha value is -2.78. The van der Waals surface area contributed by atoms with E-state index in [1.165, 1.54) is 27.8 Å². The number of hydrogen-bond donors (Lipinski definition) is 0. The standard InChI is InChI=1S/C27H26ClN3O3S2/c1-19-16-22(28)17-24-25(19)29-27(35-24)31(18-20-8-4-2-5-9-20)26(32)21-10-12-23(13-11-21)36(33,34)30-14-6-3-7-15-30/h2,4-5,8-13,16-17H,3,6-7,14-15,18H2,1H3. The number of fused-ring (bicyclic) bond motifs is 1. The van der Waals surface area contributed by atoms with Crippen molar-refractivity contribution in [3.05, 3.63) is 88.4 Å². The van der Waals surface area contributed by atoms with Crippen LogP contribution < -0.4 is 4.90 Å². The Labute approximate surface area is 220 Å². The lowest BCUT2D eigenvalue weighted by atomic mass is 10.1. The third kappa shape index (κ3) is 5.04. The van der Waals surface area contributed by atoms with Gasteiger partial charge >= 0.3 is 0 Å². The van der Waals surface area contributed by atoms with Gasteiger partial charge in [-0.1, -0.05) is 59.7 Å². The predicted molar refractivity (Wildman–Crippen MR) is 145 cm³/mol. The molecular formula is C27H26ClN3O3S2. The molecule has 0 N–H and O–H groups in total. The first kappa shape index (κ1) is 24.9. The van der Waals surface area contributed by atoms with Crippen LogP contribution >= 0.6 is 22.9 Å². The van der Waals surface area contributed by atoms with Gasteiger partial charge in [0.25, 0.3) is 5.91 Å². The number of sulfonamides is 1. The zero-order valence-electron chi connectivity index (χ0n) is 19.9. The van der Waals surface area contributed by atoms with Gasteiger partial charge in [-0.15, -0.1) is 0 Å². The van der Waals surface area contributed by atoms with Gasteiger partial charge < -0.3 is 0 Å². The van der Waals surface area contributed by atoms with E-state index in [1.54, 1.807) is 17.0 Å². The molecule has 1 saturated heterocycles. The molecule has 5 rings (SSSR count). The topological polar surface area (TPSA) is 70.6 Å². The molecule has 36 heavy (non-hydrogen) atoms. The zero-order valence-corrected chi connectivity index (χ0v) is 22.2. The second-order valence-electron chi connectivity index (χ2n) is 8.93. The van der Waals surface area contributed by atoms with Crippen molar-refractivity contribution in [1.82, 2.24) is 9.29 Å². The molecule has 2 heterocycles. The number of nitrogens with zero attached hydrogens (tertiary/aromatic N) is 3. The van der Waals surface area contributed by atoms with Crippen molar-refractivity contribution in [3.8, 4) is 0 Å². The number of hydrogen-bond acceptors (Lipinski definition) is 5. The summed E-state index contributed by atoms with van der Waals surface area (Å²) in [4.78, 5) is 20.4. The van der Waals surface area contributed by atoms with Crippen molar-refractivity contribution in [3.63, 3.8) is 0 Å². The first-order chi connectivity index (χ1) is 17.3. The number of piperidine rings is 1. The molecule has 1 aromatic heterocycles. The average molecular weight is 540 g/mol. The molecule has 1 aliphatic heterocycles. The number of thiazole rings is 1. The summed E-state index contributed by atoms with van der Waals surface area (Å²) in [5.74, 6) is -0.247. The summed E-state index contributed by atoms with van der Waals surface area (Å²) in [7, 11) is -3.57. The second kappa shape index (κ2) is 10.3. The van der Waals surface area contributed by atoms with Crippen LogP contribution in [-0.2, 0) is 16.6 Å². The first-order valence-electron chi connectivity index (χ1n) is 11.9. The molecule has 9 heteroatoms. The molecule has 186 valence electrons. The van der Waals surface area contributed by atoms with Crippen molar-refractivity contribution in [2.24, 2.45) is 0 Å². The molecule has 0 spiro atoms. The molecule has 0 saturated carbocycles. The summed E-state index contributed by atoms with van der Waals surface area (Å²) in [6.45, 7) is 3.35. The third-order valence-electron chi connectivity index (χ3n) is 6.35. The Morgan fingerprint density at radius 1 is 1.03 bits per heavy atom. The maximum Gasteiger partial charge on any atom is 0.260 e. The van der Waals surface area contributed by atoms with Crippen LogP contribution in [-0.4, -0.2) is 36.7 Å². The minimum absolute atomic E-state index is 0.209. The Balaban J connectivity index is 1.49. The van der Waals surface area contributed by atoms with Crippen LogP contribution in [0.15, 0.2) is 71.6 Å². The molecule has 0 bridgehead atoms. The predicted octanol–water partition coefficient (Wildman–Crippen LogP) is 6.28. The summed E-state index contributed by atoms with van der Waals surface area (Å²) in [6.07, 6.45) is 2.79. The van der Waals surface area contributed by atoms with Gasteiger partial charge in [-0.2, -0.15) is 4.31 Å². The van der Waals surface area contributed by atoms with Crippen LogP contribution in [0.3, 0.4) is 0 Å². The number of rotatable bonds is 6. The fraction of sp³-hybridized carbons (Fsp3) is 0.259. The average Bonchev–Trinajstić information content (AvgIpc) is 3.32. The number of aryl methyl sites for hydroxylation is 1. The molecule has 0 radical (unpaired) electrons. The highest BCUT2D eigenvalue weighted by atomic mass is 35.5. The normalized spacial score (nSPS) is 14.7. The summed E-state index contributed by atoms with van der Waals surface area (Å²) >= 11 is 7.66. The van der Waals surface area contributed by atoms with Gasteiger partial charge in [-0.05, 0) is 67.3 Å². The van der Waals surface area contributed by atoms with Crippen molar-refractivity contribution in [2.75, 3.05) is 18.0 Å². The van der Waals surface area contributed by atoms with Gasteiger partial charge in [0.1, 0.15) is 0 Å². The number of aromatic nitrogens is 1. The number of anilines is 1. The van der Waals surface area contributed by atoms with E-state index in [1.807, 2.05) is 49.4 Å². The van der Waals surface area contributed by atoms with Crippen LogP contribution in [0.5, 0.6) is 0 Å². The molecule has 0 atom stereocenters. The molecule has 4 aromatic rings. The Morgan fingerprint density at radius 3 is 2.42 bits per heavy atom. The van der Waals surface area contributed by atoms with Gasteiger partial charge in [0, 0.05) is 23.7 Å². The Bertz CT molecular complexity index is 1500. The third-order valence-corrected chi connectivity index (χ3v) is 9.51. The van der Waals surface area contributed by atoms with E-state index in [4.69, 9.17) is 16.6 Å². The molecule has 1 fully saturated rings. The second-order valence-corrected chi connectivity index (χ2v) is 12.3. The monoisotopic (exact) mass is 539 g/mol. The molecule has 1 amide bonds. The van der Waals surface area contributed by atoms with Gasteiger partial charge in [-0.25, -0.2) is 13.4 Å². The van der Waals surface area contributed by atoms with Crippen molar-refractivity contribution >= 4 is 54.2 Å². The molecule has 6 nitrogen and oxygen atoms in total. The van der Waals surface area contributed by atoms with E-state index < -0.39 is 10.0 Å². The molecule has 0 aliphatic carbocycles. The quantitative estimate of drug-likeness (QED) is 0.289. The van der Waals surface area contributed by atoms with Crippen molar-refractivity contribution in [2.45, 2.75) is 37.6 Å². The minimum atomic E-state index is -3.57. The number of amides is 1. The van der Waals surface area contributed by atoms with Crippen molar-refractivity contribution in [1.29, 1.82) is 0 Å². The largest absolute Gasteiger partial charge is 0.279 e. The van der Waals surface area contributed by atoms with Crippen LogP contribution in [0, 0.1) is 6.92 Å². The van der Waals surface area contributed by atoms with Gasteiger partial charge in [-0.3, -0.25) is 9.69 Å². The molecule has 0 unspecified atom stereocenters. The Kier molecular flexibility index (Phi) is 7.12. The van der Waals surface area contributed by atoms with Crippen LogP contribution in [0.4, 0.5) is 5.13 Å². The van der Waals surface area contributed by atoms with Crippen LogP contribution in [0.25, 0.3) is 10.2 Å². The zero-order chi connectivity index (χ0) is 25.3. The summed E-state index contributed by atoms with van der Waals surface area (Å²) in [6, 6.07) is 19.7. The molecular weight excluding hydrogens is 514 g/mol. The number of benzene rings is 3. The highest BCUT2D eigenvalue weighted by molar-refractivity contribution is 7.89. The number of carbonyl (C=O) groups excluding carboxylic acids is 1. The minimum Gasteiger partial charge on any atom is -0.279 e. The van der Waals surface area contributed by atoms with Gasteiger partial charge in [0.05, 0.1) is 21.7 Å². The highest BCUT2D eigenvalue weighted by Gasteiger charge is 2.27. The fourth-order valence-electron chi connectivity index (χ4n) is 4.43. The lowest BCUT2D eigenvalue weighted by molar-refractivity contribution is 0.0985. The van der Waals surface area contributed by atoms with E-state index in [0.717, 1.165) is 40.6 Å². The summed E-state index contributed by atoms with van der Waals surface area (Å²) in [5, 5.41) is 1.19. The maximum atomic E-state index is 13.7. The van der Waals surface area contributed by atoms with Crippen molar-refractivity contribution < 1.29 is 13.2 Å². The highest BCUT2D eigenvalue weighted by Crippen LogP contribution is 2.34. The van der Waals surface area contributed by atoms with Gasteiger partial charge in [0.2, 0.25) is 10.0 Å². The lowest BCUT2D eigenvalue weighted by Crippen LogP contribution is -2.35. The first-order valence-corrected chi connectivity index (χ1v) is 14.5. The van der Waals surface area contributed by atoms with Gasteiger partial charge in [0.15, 0.2) is 5.13 Å². The van der Waals surface area contributed by atoms with E-state index >= 15 is 0 Å². The summed E-state index contributed by atoms with van der Waals surface area (Å²) < 4.78 is 28.5. The van der Waals surface area contributed by atoms with Crippen LogP contribution in [0.1, 0.15) is 40.7 Å². The molecule has 1 aliphatic rings. The Morgan fingerprint density at radius 2 is 1.72 bits per heavy atom. The fourth-order valence-corrected chi connectivity index (χ4v) is 7.37. The van der Waals surface area contributed by atoms with E-state index in [2.05, 4.69) is 0 Å². The lowest BCUT2D eigenvalue weighted by Gasteiger charge is -2.26. The maximum absolute atomic E-state index is 13.7. The molecule has 3 aromatic carbocycles. The van der Waals surface area contributed by atoms with Crippen LogP contribution in [0.2, 0.25) is 5.02 Å². The number of halogens is 1. The van der Waals surface area contributed by atoms with E-state index in [0.29, 0.717) is 35.4 Å².